The average Bonchev–Trinajstić information content (AvgIpc) is 2.78. The maximum Gasteiger partial charge on any atom is 0.277 e. The van der Waals surface area contributed by atoms with Crippen molar-refractivity contribution in [2.45, 2.75) is 6.61 Å². The maximum absolute atomic E-state index is 11.9. The third-order valence-corrected chi connectivity index (χ3v) is 4.80. The highest BCUT2D eigenvalue weighted by Gasteiger charge is 2.11. The Hall–Kier alpha value is -3.07. The molecular formula is C23H21IN2O4. The maximum atomic E-state index is 11.9. The van der Waals surface area contributed by atoms with Crippen LogP contribution in [0.4, 0.5) is 0 Å². The highest BCUT2D eigenvalue weighted by atomic mass is 127. The number of methoxy groups -OCH3 is 1. The van der Waals surface area contributed by atoms with Crippen LogP contribution in [-0.4, -0.2) is 25.8 Å². The molecule has 1 N–H and O–H groups in total. The Balaban J connectivity index is 1.57. The SMILES string of the molecule is COc1cc(/C=N\NC(=O)COc2ccccc2)cc(I)c1OCc1ccccc1. The zero-order chi connectivity index (χ0) is 21.2. The number of para-hydroxylation sites is 1. The number of rotatable bonds is 9. The molecule has 0 radical (unpaired) electrons. The van der Waals surface area contributed by atoms with E-state index < -0.39 is 0 Å². The fourth-order valence-corrected chi connectivity index (χ4v) is 3.34. The molecule has 0 atom stereocenters. The summed E-state index contributed by atoms with van der Waals surface area (Å²) in [5.41, 5.74) is 4.29. The monoisotopic (exact) mass is 516 g/mol. The second kappa shape index (κ2) is 11.2. The molecule has 3 rings (SSSR count). The number of amides is 1. The molecular weight excluding hydrogens is 495 g/mol. The lowest BCUT2D eigenvalue weighted by atomic mass is 10.2. The molecule has 0 fully saturated rings. The predicted octanol–water partition coefficient (Wildman–Crippen LogP) is 4.41. The van der Waals surface area contributed by atoms with Gasteiger partial charge < -0.3 is 14.2 Å². The molecule has 1 amide bonds. The van der Waals surface area contributed by atoms with Crippen LogP contribution in [0.1, 0.15) is 11.1 Å². The minimum atomic E-state index is -0.348. The van der Waals surface area contributed by atoms with Crippen molar-refractivity contribution < 1.29 is 19.0 Å². The van der Waals surface area contributed by atoms with Gasteiger partial charge >= 0.3 is 0 Å². The summed E-state index contributed by atoms with van der Waals surface area (Å²) >= 11 is 2.19. The van der Waals surface area contributed by atoms with Crippen LogP contribution >= 0.6 is 22.6 Å². The van der Waals surface area contributed by atoms with E-state index >= 15 is 0 Å². The molecule has 0 spiro atoms. The average molecular weight is 516 g/mol. The Labute approximate surface area is 189 Å². The van der Waals surface area contributed by atoms with Gasteiger partial charge in [0, 0.05) is 0 Å². The zero-order valence-corrected chi connectivity index (χ0v) is 18.5. The van der Waals surface area contributed by atoms with Crippen LogP contribution in [0.5, 0.6) is 17.2 Å². The molecule has 0 aliphatic heterocycles. The Kier molecular flexibility index (Phi) is 8.08. The van der Waals surface area contributed by atoms with Gasteiger partial charge in [-0.2, -0.15) is 5.10 Å². The number of hydrazone groups is 1. The number of hydrogen-bond acceptors (Lipinski definition) is 5. The quantitative estimate of drug-likeness (QED) is 0.260. The first-order chi connectivity index (χ1) is 14.7. The van der Waals surface area contributed by atoms with Gasteiger partial charge in [0.15, 0.2) is 18.1 Å². The molecule has 30 heavy (non-hydrogen) atoms. The van der Waals surface area contributed by atoms with E-state index in [1.807, 2.05) is 54.6 Å². The summed E-state index contributed by atoms with van der Waals surface area (Å²) in [5, 5.41) is 3.99. The summed E-state index contributed by atoms with van der Waals surface area (Å²) < 4.78 is 17.7. The third kappa shape index (κ3) is 6.48. The third-order valence-electron chi connectivity index (χ3n) is 3.99. The van der Waals surface area contributed by atoms with Gasteiger partial charge in [-0.05, 0) is 58.0 Å². The van der Waals surface area contributed by atoms with Gasteiger partial charge in [-0.15, -0.1) is 0 Å². The molecule has 0 aromatic heterocycles. The minimum Gasteiger partial charge on any atom is -0.493 e. The molecule has 0 heterocycles. The molecule has 0 aliphatic carbocycles. The van der Waals surface area contributed by atoms with Gasteiger partial charge in [-0.3, -0.25) is 4.79 Å². The Morgan fingerprint density at radius 2 is 1.73 bits per heavy atom. The van der Waals surface area contributed by atoms with Crippen molar-refractivity contribution in [3.8, 4) is 17.2 Å². The van der Waals surface area contributed by atoms with Crippen molar-refractivity contribution in [1.29, 1.82) is 0 Å². The van der Waals surface area contributed by atoms with Crippen LogP contribution in [0.3, 0.4) is 0 Å². The number of halogens is 1. The summed E-state index contributed by atoms with van der Waals surface area (Å²) in [4.78, 5) is 11.9. The topological polar surface area (TPSA) is 69.2 Å². The molecule has 3 aromatic carbocycles. The molecule has 0 bridgehead atoms. The number of benzene rings is 3. The predicted molar refractivity (Wildman–Crippen MR) is 124 cm³/mol. The Bertz CT molecular complexity index is 995. The number of ether oxygens (including phenoxy) is 3. The van der Waals surface area contributed by atoms with Crippen molar-refractivity contribution in [1.82, 2.24) is 5.43 Å². The molecule has 6 nitrogen and oxygen atoms in total. The number of hydrogen-bond donors (Lipinski definition) is 1. The standard InChI is InChI=1S/C23H21IN2O4/c1-28-21-13-18(12-20(24)23(21)30-15-17-8-4-2-5-9-17)14-25-26-22(27)16-29-19-10-6-3-7-11-19/h2-14H,15-16H2,1H3,(H,26,27)/b25-14-. The molecule has 154 valence electrons. The van der Waals surface area contributed by atoms with E-state index in [0.29, 0.717) is 23.9 Å². The van der Waals surface area contributed by atoms with Crippen LogP contribution in [-0.2, 0) is 11.4 Å². The van der Waals surface area contributed by atoms with E-state index in [9.17, 15) is 4.79 Å². The van der Waals surface area contributed by atoms with Crippen molar-refractivity contribution in [3.63, 3.8) is 0 Å². The molecule has 0 unspecified atom stereocenters. The van der Waals surface area contributed by atoms with Crippen molar-refractivity contribution >= 4 is 34.7 Å². The van der Waals surface area contributed by atoms with Gasteiger partial charge in [0.2, 0.25) is 0 Å². The molecule has 7 heteroatoms. The largest absolute Gasteiger partial charge is 0.493 e. The molecule has 0 saturated carbocycles. The second-order valence-electron chi connectivity index (χ2n) is 6.20. The highest BCUT2D eigenvalue weighted by Crippen LogP contribution is 2.34. The van der Waals surface area contributed by atoms with E-state index in [1.54, 1.807) is 31.5 Å². The lowest BCUT2D eigenvalue weighted by Gasteiger charge is -2.13. The first kappa shape index (κ1) is 21.6. The van der Waals surface area contributed by atoms with E-state index in [0.717, 1.165) is 14.7 Å². The smallest absolute Gasteiger partial charge is 0.277 e. The second-order valence-corrected chi connectivity index (χ2v) is 7.37. The van der Waals surface area contributed by atoms with Crippen LogP contribution in [0.2, 0.25) is 0 Å². The fraction of sp³-hybridized carbons (Fsp3) is 0.130. The summed E-state index contributed by atoms with van der Waals surface area (Å²) in [6.07, 6.45) is 1.55. The zero-order valence-electron chi connectivity index (χ0n) is 16.4. The lowest BCUT2D eigenvalue weighted by molar-refractivity contribution is -0.123. The van der Waals surface area contributed by atoms with Gasteiger partial charge in [-0.1, -0.05) is 48.5 Å². The van der Waals surface area contributed by atoms with Gasteiger partial charge in [-0.25, -0.2) is 5.43 Å². The fourth-order valence-electron chi connectivity index (χ4n) is 2.56. The van der Waals surface area contributed by atoms with E-state index in [4.69, 9.17) is 14.2 Å². The number of nitrogens with one attached hydrogen (secondary N) is 1. The number of carbonyl (C=O) groups is 1. The van der Waals surface area contributed by atoms with Crippen LogP contribution in [0.25, 0.3) is 0 Å². The Morgan fingerprint density at radius 3 is 2.43 bits per heavy atom. The normalized spacial score (nSPS) is 10.6. The van der Waals surface area contributed by atoms with Crippen LogP contribution < -0.4 is 19.6 Å². The first-order valence-electron chi connectivity index (χ1n) is 9.19. The van der Waals surface area contributed by atoms with E-state index in [-0.39, 0.29) is 12.5 Å². The van der Waals surface area contributed by atoms with Crippen molar-refractivity contribution in [2.24, 2.45) is 5.10 Å². The molecule has 0 saturated heterocycles. The molecule has 0 aliphatic rings. The van der Waals surface area contributed by atoms with Crippen molar-refractivity contribution in [2.75, 3.05) is 13.7 Å². The van der Waals surface area contributed by atoms with Crippen molar-refractivity contribution in [3.05, 3.63) is 87.5 Å². The summed E-state index contributed by atoms with van der Waals surface area (Å²) in [6.45, 7) is 0.326. The van der Waals surface area contributed by atoms with Gasteiger partial charge in [0.1, 0.15) is 12.4 Å². The van der Waals surface area contributed by atoms with Gasteiger partial charge in [0.25, 0.3) is 5.91 Å². The Morgan fingerprint density at radius 1 is 1.03 bits per heavy atom. The number of nitrogens with zero attached hydrogens (tertiary/aromatic N) is 1. The van der Waals surface area contributed by atoms with E-state index in [1.165, 1.54) is 0 Å². The first-order valence-corrected chi connectivity index (χ1v) is 10.3. The summed E-state index contributed by atoms with van der Waals surface area (Å²) in [5.74, 6) is 1.54. The molecule has 3 aromatic rings. The summed E-state index contributed by atoms with van der Waals surface area (Å²) in [7, 11) is 1.59. The van der Waals surface area contributed by atoms with Crippen LogP contribution in [0.15, 0.2) is 77.9 Å². The number of carbonyl (C=O) groups excluding carboxylic acids is 1. The van der Waals surface area contributed by atoms with Crippen LogP contribution in [0, 0.1) is 3.57 Å². The minimum absolute atomic E-state index is 0.117. The van der Waals surface area contributed by atoms with E-state index in [2.05, 4.69) is 33.1 Å². The highest BCUT2D eigenvalue weighted by molar-refractivity contribution is 14.1. The lowest BCUT2D eigenvalue weighted by Crippen LogP contribution is -2.24. The summed E-state index contributed by atoms with van der Waals surface area (Å²) in [6, 6.07) is 22.8. The van der Waals surface area contributed by atoms with Gasteiger partial charge in [0.05, 0.1) is 16.9 Å².